The van der Waals surface area contributed by atoms with E-state index in [9.17, 15) is 13.0 Å². The molecule has 0 saturated heterocycles. The Morgan fingerprint density at radius 3 is 2.24 bits per heavy atom. The number of unbranched alkanes of at least 4 members (excludes halogenated alkanes) is 1. The Morgan fingerprint density at radius 2 is 1.64 bits per heavy atom. The van der Waals surface area contributed by atoms with Crippen molar-refractivity contribution in [3.05, 3.63) is 40.6 Å². The van der Waals surface area contributed by atoms with Crippen LogP contribution in [0.15, 0.2) is 23.1 Å². The molecule has 4 nitrogen and oxygen atoms in total. The number of nitrogens with zero attached hydrogens (tertiary/aromatic N) is 1. The van der Waals surface area contributed by atoms with Gasteiger partial charge >= 0.3 is 0 Å². The van der Waals surface area contributed by atoms with Gasteiger partial charge in [-0.25, -0.2) is 0 Å². The Bertz CT molecular complexity index is 1090. The molecule has 0 unspecified atom stereocenters. The van der Waals surface area contributed by atoms with E-state index in [0.717, 1.165) is 41.4 Å². The fourth-order valence-electron chi connectivity index (χ4n) is 3.90. The van der Waals surface area contributed by atoms with E-state index in [4.69, 9.17) is 0 Å². The summed E-state index contributed by atoms with van der Waals surface area (Å²) < 4.78 is 35.9. The molecule has 3 aromatic rings. The molecule has 0 bridgehead atoms. The average Bonchev–Trinajstić information content (AvgIpc) is 2.81. The fourth-order valence-corrected chi connectivity index (χ4v) is 4.68. The minimum atomic E-state index is -4.28. The monoisotopic (exact) mass is 359 g/mol. The van der Waals surface area contributed by atoms with Crippen LogP contribution in [0.1, 0.15) is 42.1 Å². The van der Waals surface area contributed by atoms with Crippen molar-refractivity contribution in [3.63, 3.8) is 0 Å². The van der Waals surface area contributed by atoms with Crippen LogP contribution in [-0.2, 0) is 16.7 Å². The third-order valence-corrected chi connectivity index (χ3v) is 6.33. The highest BCUT2D eigenvalue weighted by Crippen LogP contribution is 2.39. The quantitative estimate of drug-likeness (QED) is 0.661. The van der Waals surface area contributed by atoms with E-state index in [2.05, 4.69) is 25.3 Å². The highest BCUT2D eigenvalue weighted by atomic mass is 32.2. The summed E-state index contributed by atoms with van der Waals surface area (Å²) in [4.78, 5) is -0.00829. The van der Waals surface area contributed by atoms with E-state index in [1.54, 1.807) is 6.07 Å². The highest BCUT2D eigenvalue weighted by Gasteiger charge is 2.22. The Labute approximate surface area is 149 Å². The number of aromatic nitrogens is 1. The van der Waals surface area contributed by atoms with Gasteiger partial charge in [-0.1, -0.05) is 25.5 Å². The Balaban J connectivity index is 2.60. The molecule has 1 heterocycles. The number of hydrogen-bond acceptors (Lipinski definition) is 2. The van der Waals surface area contributed by atoms with Gasteiger partial charge in [-0.2, -0.15) is 8.42 Å². The summed E-state index contributed by atoms with van der Waals surface area (Å²) >= 11 is 0. The van der Waals surface area contributed by atoms with Gasteiger partial charge in [-0.3, -0.25) is 4.55 Å². The van der Waals surface area contributed by atoms with E-state index in [1.807, 2.05) is 19.9 Å². The van der Waals surface area contributed by atoms with E-state index >= 15 is 0 Å². The maximum absolute atomic E-state index is 11.9. The predicted molar refractivity (Wildman–Crippen MR) is 103 cm³/mol. The van der Waals surface area contributed by atoms with E-state index in [-0.39, 0.29) is 4.90 Å². The van der Waals surface area contributed by atoms with Crippen LogP contribution in [0.2, 0.25) is 0 Å². The van der Waals surface area contributed by atoms with E-state index in [0.29, 0.717) is 5.39 Å². The van der Waals surface area contributed by atoms with Gasteiger partial charge in [0.1, 0.15) is 4.90 Å². The summed E-state index contributed by atoms with van der Waals surface area (Å²) in [5.41, 5.74) is 5.52. The number of benzene rings is 2. The molecule has 1 N–H and O–H groups in total. The summed E-state index contributed by atoms with van der Waals surface area (Å²) in [6, 6.07) is 5.15. The minimum Gasteiger partial charge on any atom is -0.344 e. The van der Waals surface area contributed by atoms with Crippen molar-refractivity contribution in [1.29, 1.82) is 0 Å². The van der Waals surface area contributed by atoms with Crippen molar-refractivity contribution < 1.29 is 13.0 Å². The van der Waals surface area contributed by atoms with Gasteiger partial charge in [-0.05, 0) is 56.9 Å². The third kappa shape index (κ3) is 2.66. The second-order valence-corrected chi connectivity index (χ2v) is 8.23. The van der Waals surface area contributed by atoms with Crippen molar-refractivity contribution in [3.8, 4) is 0 Å². The zero-order chi connectivity index (χ0) is 18.5. The smallest absolute Gasteiger partial charge is 0.295 e. The largest absolute Gasteiger partial charge is 0.344 e. The van der Waals surface area contributed by atoms with Crippen molar-refractivity contribution in [2.45, 2.75) is 58.9 Å². The number of aryl methyl sites for hydroxylation is 4. The molecule has 3 rings (SSSR count). The first-order valence-electron chi connectivity index (χ1n) is 8.68. The molecular formula is C20H25NO3S. The highest BCUT2D eigenvalue weighted by molar-refractivity contribution is 7.86. The number of hydrogen-bond donors (Lipinski definition) is 1. The van der Waals surface area contributed by atoms with Crippen molar-refractivity contribution >= 4 is 31.8 Å². The van der Waals surface area contributed by atoms with Gasteiger partial charge in [0.2, 0.25) is 0 Å². The van der Waals surface area contributed by atoms with E-state index < -0.39 is 10.1 Å². The maximum Gasteiger partial charge on any atom is 0.295 e. The summed E-state index contributed by atoms with van der Waals surface area (Å²) in [6.45, 7) is 11.3. The molecule has 0 aliphatic rings. The molecule has 0 atom stereocenters. The van der Waals surface area contributed by atoms with Gasteiger partial charge in [-0.15, -0.1) is 0 Å². The normalized spacial score (nSPS) is 12.4. The van der Waals surface area contributed by atoms with Crippen LogP contribution in [0.4, 0.5) is 0 Å². The molecule has 0 radical (unpaired) electrons. The lowest BCUT2D eigenvalue weighted by Crippen LogP contribution is -2.04. The zero-order valence-electron chi connectivity index (χ0n) is 15.5. The average molecular weight is 359 g/mol. The molecule has 134 valence electrons. The summed E-state index contributed by atoms with van der Waals surface area (Å²) in [7, 11) is -4.28. The van der Waals surface area contributed by atoms with Crippen molar-refractivity contribution in [2.24, 2.45) is 0 Å². The van der Waals surface area contributed by atoms with Crippen LogP contribution < -0.4 is 0 Å². The molecule has 2 aromatic carbocycles. The lowest BCUT2D eigenvalue weighted by atomic mass is 9.95. The molecule has 0 amide bonds. The van der Waals surface area contributed by atoms with Gasteiger partial charge < -0.3 is 4.57 Å². The Morgan fingerprint density at radius 1 is 1.00 bits per heavy atom. The molecule has 0 saturated carbocycles. The minimum absolute atomic E-state index is 0.00829. The maximum atomic E-state index is 11.9. The van der Waals surface area contributed by atoms with Gasteiger partial charge in [0.05, 0.1) is 5.52 Å². The fraction of sp³-hybridized carbons (Fsp3) is 0.400. The molecule has 1 aromatic heterocycles. The van der Waals surface area contributed by atoms with Crippen LogP contribution in [0.25, 0.3) is 21.7 Å². The summed E-state index contributed by atoms with van der Waals surface area (Å²) in [5.74, 6) is 0. The molecule has 0 fully saturated rings. The van der Waals surface area contributed by atoms with Crippen LogP contribution >= 0.6 is 0 Å². The third-order valence-electron chi connectivity index (χ3n) is 5.44. The van der Waals surface area contributed by atoms with Gasteiger partial charge in [0.15, 0.2) is 0 Å². The van der Waals surface area contributed by atoms with E-state index in [1.165, 1.54) is 22.7 Å². The predicted octanol–water partition coefficient (Wildman–Crippen LogP) is 5.07. The second-order valence-electron chi connectivity index (χ2n) is 6.84. The van der Waals surface area contributed by atoms with Gasteiger partial charge in [0.25, 0.3) is 10.1 Å². The van der Waals surface area contributed by atoms with Crippen LogP contribution in [0.3, 0.4) is 0 Å². The molecule has 0 aliphatic heterocycles. The topological polar surface area (TPSA) is 59.3 Å². The summed E-state index contributed by atoms with van der Waals surface area (Å²) in [6.07, 6.45) is 2.16. The van der Waals surface area contributed by atoms with Crippen LogP contribution in [0.5, 0.6) is 0 Å². The summed E-state index contributed by atoms with van der Waals surface area (Å²) in [5, 5.41) is 2.72. The molecule has 5 heteroatoms. The Kier molecular flexibility index (Phi) is 4.41. The first-order chi connectivity index (χ1) is 11.7. The number of rotatable bonds is 4. The van der Waals surface area contributed by atoms with Crippen LogP contribution in [-0.4, -0.2) is 17.5 Å². The molecular weight excluding hydrogens is 334 g/mol. The Hall–Kier alpha value is -1.85. The molecule has 0 aliphatic carbocycles. The van der Waals surface area contributed by atoms with Crippen molar-refractivity contribution in [1.82, 2.24) is 4.57 Å². The first-order valence-corrected chi connectivity index (χ1v) is 10.1. The lowest BCUT2D eigenvalue weighted by Gasteiger charge is -2.15. The standard InChI is InChI=1S/C20H25NO3S/c1-6-7-11-21-15(5)14(4)18-12(2)13(3)19-16(20(18)21)9-8-10-17(19)25(22,23)24/h8-10H,6-7,11H2,1-5H3,(H,22,23,24). The zero-order valence-corrected chi connectivity index (χ0v) is 16.3. The van der Waals surface area contributed by atoms with Crippen molar-refractivity contribution in [2.75, 3.05) is 0 Å². The SMILES string of the molecule is CCCCn1c(C)c(C)c2c(C)c(C)c3c(S(=O)(=O)O)cccc3c21. The van der Waals surface area contributed by atoms with Gasteiger partial charge in [0, 0.05) is 28.4 Å². The molecule has 0 spiro atoms. The first kappa shape index (κ1) is 18.0. The lowest BCUT2D eigenvalue weighted by molar-refractivity contribution is 0.484. The molecule has 25 heavy (non-hydrogen) atoms. The van der Waals surface area contributed by atoms with Crippen LogP contribution in [0, 0.1) is 27.7 Å². The number of fused-ring (bicyclic) bond motifs is 3. The second kappa shape index (κ2) is 6.15.